The number of carbonyl (C=O) groups is 2. The van der Waals surface area contributed by atoms with Crippen LogP contribution in [0.1, 0.15) is 24.2 Å². The zero-order valence-electron chi connectivity index (χ0n) is 22.8. The van der Waals surface area contributed by atoms with Gasteiger partial charge in [0.05, 0.1) is 34.2 Å². The largest absolute Gasteiger partial charge is 0.504 e. The van der Waals surface area contributed by atoms with Crippen LogP contribution in [0.4, 0.5) is 20.3 Å². The third kappa shape index (κ3) is 5.25. The van der Waals surface area contributed by atoms with Crippen molar-refractivity contribution in [2.45, 2.75) is 32.5 Å². The number of piperazine rings is 1. The van der Waals surface area contributed by atoms with Crippen LogP contribution in [0.15, 0.2) is 35.6 Å². The maximum absolute atomic E-state index is 15.1. The second-order valence-corrected chi connectivity index (χ2v) is 10.7. The standard InChI is InChI=1S/C27H27ClF2N8O4/c1-12-7-37(8-13(2)34-12)19-5-18(17(28)6-32-19)35-20(39)10-38-9-16(21-26(38)33-11-36(3)27(21)42)14-4-15(25(31)41)24(40)23(30)22(14)29/h4-6,9,11-13,34,40H,7-8,10H2,1-3H3,(H2,31,41)(H,32,35,39)/t12-,13+. The maximum Gasteiger partial charge on any atom is 0.263 e. The lowest BCUT2D eigenvalue weighted by Gasteiger charge is -2.37. The monoisotopic (exact) mass is 600 g/mol. The van der Waals surface area contributed by atoms with Crippen LogP contribution in [0.2, 0.25) is 5.02 Å². The summed E-state index contributed by atoms with van der Waals surface area (Å²) in [7, 11) is 1.41. The van der Waals surface area contributed by atoms with Crippen LogP contribution in [0, 0.1) is 11.6 Å². The Morgan fingerprint density at radius 2 is 1.86 bits per heavy atom. The number of benzene rings is 1. The molecule has 4 heterocycles. The number of aryl methyl sites for hydroxylation is 1. The van der Waals surface area contributed by atoms with Crippen LogP contribution in [0.5, 0.6) is 5.75 Å². The van der Waals surface area contributed by atoms with Crippen molar-refractivity contribution < 1.29 is 23.5 Å². The highest BCUT2D eigenvalue weighted by atomic mass is 35.5. The van der Waals surface area contributed by atoms with Crippen molar-refractivity contribution in [1.82, 2.24) is 24.4 Å². The van der Waals surface area contributed by atoms with E-state index in [9.17, 15) is 23.9 Å². The van der Waals surface area contributed by atoms with Crippen LogP contribution in [0.3, 0.4) is 0 Å². The van der Waals surface area contributed by atoms with Gasteiger partial charge in [0.2, 0.25) is 11.7 Å². The number of nitrogens with zero attached hydrogens (tertiary/aromatic N) is 5. The number of aromatic hydroxyl groups is 1. The van der Waals surface area contributed by atoms with Crippen molar-refractivity contribution in [3.05, 3.63) is 63.4 Å². The lowest BCUT2D eigenvalue weighted by molar-refractivity contribution is -0.116. The fourth-order valence-corrected chi connectivity index (χ4v) is 5.30. The molecule has 0 aliphatic carbocycles. The summed E-state index contributed by atoms with van der Waals surface area (Å²) in [6, 6.07) is 2.97. The first-order valence-corrected chi connectivity index (χ1v) is 13.3. The summed E-state index contributed by atoms with van der Waals surface area (Å²) in [5.41, 5.74) is 3.56. The van der Waals surface area contributed by atoms with Gasteiger partial charge < -0.3 is 35.5 Å². The first-order valence-electron chi connectivity index (χ1n) is 12.9. The average molecular weight is 601 g/mol. The van der Waals surface area contributed by atoms with E-state index in [1.54, 1.807) is 6.07 Å². The van der Waals surface area contributed by atoms with E-state index >= 15 is 4.39 Å². The van der Waals surface area contributed by atoms with Crippen molar-refractivity contribution in [3.63, 3.8) is 0 Å². The quantitative estimate of drug-likeness (QED) is 0.262. The van der Waals surface area contributed by atoms with Crippen LogP contribution >= 0.6 is 11.6 Å². The van der Waals surface area contributed by atoms with Gasteiger partial charge in [-0.3, -0.25) is 14.4 Å². The van der Waals surface area contributed by atoms with Crippen LogP contribution in [-0.2, 0) is 18.4 Å². The summed E-state index contributed by atoms with van der Waals surface area (Å²) in [6.07, 6.45) is 3.89. The van der Waals surface area contributed by atoms with E-state index in [1.807, 2.05) is 0 Å². The number of amides is 2. The van der Waals surface area contributed by atoms with E-state index in [0.29, 0.717) is 24.6 Å². The molecule has 4 aromatic rings. The first-order chi connectivity index (χ1) is 19.8. The van der Waals surface area contributed by atoms with Gasteiger partial charge in [-0.2, -0.15) is 4.39 Å². The number of hydrogen-bond acceptors (Lipinski definition) is 8. The van der Waals surface area contributed by atoms with Crippen molar-refractivity contribution >= 4 is 46.0 Å². The fraction of sp³-hybridized carbons (Fsp3) is 0.296. The Balaban J connectivity index is 1.52. The number of pyridine rings is 1. The Bertz CT molecular complexity index is 1800. The van der Waals surface area contributed by atoms with Gasteiger partial charge >= 0.3 is 0 Å². The molecule has 0 unspecified atom stereocenters. The van der Waals surface area contributed by atoms with Crippen LogP contribution in [-0.4, -0.2) is 61.2 Å². The van der Waals surface area contributed by atoms with Gasteiger partial charge in [-0.25, -0.2) is 14.4 Å². The number of phenols is 1. The minimum atomic E-state index is -1.71. The molecule has 1 aromatic carbocycles. The molecule has 1 aliphatic heterocycles. The molecule has 0 radical (unpaired) electrons. The zero-order chi connectivity index (χ0) is 30.5. The molecule has 0 saturated carbocycles. The molecule has 3 aromatic heterocycles. The summed E-state index contributed by atoms with van der Waals surface area (Å²) in [5.74, 6) is -5.62. The van der Waals surface area contributed by atoms with Crippen molar-refractivity contribution in [2.75, 3.05) is 23.3 Å². The number of fused-ring (bicyclic) bond motifs is 1. The van der Waals surface area contributed by atoms with Gasteiger partial charge in [0.25, 0.3) is 11.5 Å². The maximum atomic E-state index is 15.1. The van der Waals surface area contributed by atoms with E-state index < -0.39 is 52.4 Å². The molecule has 42 heavy (non-hydrogen) atoms. The molecular formula is C27H27ClF2N8O4. The number of anilines is 2. The highest BCUT2D eigenvalue weighted by Gasteiger charge is 2.27. The minimum Gasteiger partial charge on any atom is -0.504 e. The molecule has 2 atom stereocenters. The highest BCUT2D eigenvalue weighted by molar-refractivity contribution is 6.33. The van der Waals surface area contributed by atoms with E-state index in [4.69, 9.17) is 17.3 Å². The summed E-state index contributed by atoms with van der Waals surface area (Å²) < 4.78 is 32.0. The molecule has 1 fully saturated rings. The number of carbonyl (C=O) groups excluding carboxylic acids is 2. The average Bonchev–Trinajstić information content (AvgIpc) is 3.28. The smallest absolute Gasteiger partial charge is 0.263 e. The molecule has 1 aliphatic rings. The van der Waals surface area contributed by atoms with Crippen molar-refractivity contribution in [2.24, 2.45) is 12.8 Å². The van der Waals surface area contributed by atoms with Crippen molar-refractivity contribution in [1.29, 1.82) is 0 Å². The molecule has 5 rings (SSSR count). The normalized spacial score (nSPS) is 17.0. The topological polar surface area (TPSA) is 160 Å². The number of primary amides is 1. The predicted molar refractivity (Wildman–Crippen MR) is 153 cm³/mol. The Morgan fingerprint density at radius 1 is 1.17 bits per heavy atom. The summed E-state index contributed by atoms with van der Waals surface area (Å²) >= 11 is 6.34. The van der Waals surface area contributed by atoms with Gasteiger partial charge in [-0.05, 0) is 19.9 Å². The van der Waals surface area contributed by atoms with Gasteiger partial charge in [0.15, 0.2) is 11.6 Å². The lowest BCUT2D eigenvalue weighted by Crippen LogP contribution is -2.54. The lowest BCUT2D eigenvalue weighted by atomic mass is 10.0. The Labute approximate surface area is 242 Å². The fourth-order valence-electron chi connectivity index (χ4n) is 5.14. The number of aromatic nitrogens is 4. The number of halogens is 3. The predicted octanol–water partition coefficient (Wildman–Crippen LogP) is 2.36. The number of rotatable bonds is 6. The first kappa shape index (κ1) is 29.0. The van der Waals surface area contributed by atoms with Crippen LogP contribution in [0.25, 0.3) is 22.2 Å². The Kier molecular flexibility index (Phi) is 7.60. The highest BCUT2D eigenvalue weighted by Crippen LogP contribution is 2.36. The molecule has 12 nitrogen and oxygen atoms in total. The number of hydrogen-bond donors (Lipinski definition) is 4. The van der Waals surface area contributed by atoms with Gasteiger partial charge in [-0.1, -0.05) is 11.6 Å². The SMILES string of the molecule is C[C@@H]1CN(c2cc(NC(=O)Cn3cc(-c4cc(C(N)=O)c(O)c(F)c4F)c4c(=O)n(C)cnc43)c(Cl)cn2)C[C@H](C)N1. The molecular weight excluding hydrogens is 574 g/mol. The third-order valence-electron chi connectivity index (χ3n) is 6.98. The summed E-state index contributed by atoms with van der Waals surface area (Å²) in [4.78, 5) is 48.8. The van der Waals surface area contributed by atoms with E-state index in [2.05, 4.69) is 39.3 Å². The van der Waals surface area contributed by atoms with Crippen LogP contribution < -0.4 is 26.8 Å². The zero-order valence-corrected chi connectivity index (χ0v) is 23.5. The van der Waals surface area contributed by atoms with E-state index in [-0.39, 0.29) is 33.7 Å². The Morgan fingerprint density at radius 3 is 2.52 bits per heavy atom. The van der Waals surface area contributed by atoms with E-state index in [0.717, 1.165) is 10.6 Å². The molecule has 220 valence electrons. The molecule has 2 amide bonds. The molecule has 5 N–H and O–H groups in total. The summed E-state index contributed by atoms with van der Waals surface area (Å²) in [6.45, 7) is 5.14. The molecule has 1 saturated heterocycles. The summed E-state index contributed by atoms with van der Waals surface area (Å²) in [5, 5.41) is 16.1. The third-order valence-corrected chi connectivity index (χ3v) is 7.29. The van der Waals surface area contributed by atoms with Gasteiger partial charge in [0, 0.05) is 55.6 Å². The molecule has 0 spiro atoms. The minimum absolute atomic E-state index is 0.00191. The van der Waals surface area contributed by atoms with Crippen molar-refractivity contribution in [3.8, 4) is 16.9 Å². The second kappa shape index (κ2) is 11.0. The number of nitrogens with two attached hydrogens (primary N) is 1. The van der Waals surface area contributed by atoms with Gasteiger partial charge in [-0.15, -0.1) is 0 Å². The van der Waals surface area contributed by atoms with E-state index in [1.165, 1.54) is 30.3 Å². The Hall–Kier alpha value is -4.56. The van der Waals surface area contributed by atoms with Gasteiger partial charge in [0.1, 0.15) is 18.0 Å². The number of nitrogens with one attached hydrogen (secondary N) is 2. The molecule has 15 heteroatoms. The molecule has 0 bridgehead atoms. The second-order valence-electron chi connectivity index (χ2n) is 10.3.